The minimum Gasteiger partial charge on any atom is -0.435 e. The Morgan fingerprint density at radius 2 is 2.11 bits per heavy atom. The molecule has 0 saturated carbocycles. The highest BCUT2D eigenvalue weighted by molar-refractivity contribution is 7.16. The number of pyridine rings is 1. The second-order valence-corrected chi connectivity index (χ2v) is 10.0. The number of hydrogen-bond donors (Lipinski definition) is 4. The lowest BCUT2D eigenvalue weighted by molar-refractivity contribution is -0.115. The first-order chi connectivity index (χ1) is 17.5. The molecule has 0 spiro atoms. The van der Waals surface area contributed by atoms with Crippen LogP contribution in [0.4, 0.5) is 9.52 Å². The number of carbonyl (C=O) groups is 2. The number of primary amides is 1. The first-order valence-electron chi connectivity index (χ1n) is 11.2. The van der Waals surface area contributed by atoms with Gasteiger partial charge in [-0.25, -0.2) is 14.4 Å². The van der Waals surface area contributed by atoms with Crippen LogP contribution in [0.5, 0.6) is 11.6 Å². The number of nitrogens with one attached hydrogen (secondary N) is 2. The molecule has 12 heteroatoms. The van der Waals surface area contributed by atoms with Crippen LogP contribution in [0.25, 0.3) is 5.57 Å². The summed E-state index contributed by atoms with van der Waals surface area (Å²) < 4.78 is 20.1. The summed E-state index contributed by atoms with van der Waals surface area (Å²) in [5.74, 6) is -2.12. The standard InChI is InChI=1S/C25H25FN6O4S/c1-13-20(15-11-29-23(30-12-15)25(2,3)35)32-24(37-13)31-19(33)10-14-6-7-18(17(26)9-14)36-22-16(21(27)34)5-4-8-28-22/h4-9,11-12,23,29,35H,10H2,1-3H3,(H2,27,34)(H,31,32,33). The second-order valence-electron chi connectivity index (χ2n) is 8.84. The number of thiazole rings is 1. The van der Waals surface area contributed by atoms with Gasteiger partial charge in [0.1, 0.15) is 11.7 Å². The zero-order valence-corrected chi connectivity index (χ0v) is 21.1. The Kier molecular flexibility index (Phi) is 7.32. The third-order valence-electron chi connectivity index (χ3n) is 5.35. The van der Waals surface area contributed by atoms with E-state index in [1.54, 1.807) is 26.3 Å². The van der Waals surface area contributed by atoms with Crippen LogP contribution < -0.4 is 21.1 Å². The highest BCUT2D eigenvalue weighted by Crippen LogP contribution is 2.29. The number of aryl methyl sites for hydroxylation is 1. The summed E-state index contributed by atoms with van der Waals surface area (Å²) in [4.78, 5) is 37.7. The van der Waals surface area contributed by atoms with Crippen LogP contribution in [0.2, 0.25) is 0 Å². The molecule has 2 amide bonds. The van der Waals surface area contributed by atoms with Crippen molar-refractivity contribution in [2.75, 3.05) is 5.32 Å². The van der Waals surface area contributed by atoms with Crippen molar-refractivity contribution in [1.29, 1.82) is 0 Å². The van der Waals surface area contributed by atoms with Gasteiger partial charge >= 0.3 is 0 Å². The number of carbonyl (C=O) groups excluding carboxylic acids is 2. The summed E-state index contributed by atoms with van der Waals surface area (Å²) in [5.41, 5.74) is 6.09. The number of ether oxygens (including phenoxy) is 1. The Morgan fingerprint density at radius 1 is 1.32 bits per heavy atom. The van der Waals surface area contributed by atoms with Crippen LogP contribution in [-0.2, 0) is 11.2 Å². The largest absolute Gasteiger partial charge is 0.435 e. The molecule has 0 bridgehead atoms. The monoisotopic (exact) mass is 524 g/mol. The highest BCUT2D eigenvalue weighted by Gasteiger charge is 2.27. The molecule has 1 unspecified atom stereocenters. The predicted octanol–water partition coefficient (Wildman–Crippen LogP) is 3.17. The molecule has 1 aliphatic rings. The van der Waals surface area contributed by atoms with E-state index in [0.717, 1.165) is 10.5 Å². The number of nitrogens with two attached hydrogens (primary N) is 1. The fourth-order valence-electron chi connectivity index (χ4n) is 3.49. The van der Waals surface area contributed by atoms with Crippen molar-refractivity contribution in [3.63, 3.8) is 0 Å². The third kappa shape index (κ3) is 6.16. The molecule has 3 heterocycles. The van der Waals surface area contributed by atoms with Gasteiger partial charge < -0.3 is 26.2 Å². The number of halogens is 1. The molecular formula is C25H25FN6O4S. The van der Waals surface area contributed by atoms with Crippen molar-refractivity contribution in [3.8, 4) is 11.6 Å². The average Bonchev–Trinajstić information content (AvgIpc) is 3.20. The number of hydrogen-bond acceptors (Lipinski definition) is 9. The van der Waals surface area contributed by atoms with Crippen molar-refractivity contribution in [3.05, 3.63) is 70.2 Å². The van der Waals surface area contributed by atoms with E-state index >= 15 is 0 Å². The van der Waals surface area contributed by atoms with Crippen LogP contribution in [0, 0.1) is 12.7 Å². The number of aromatic nitrogens is 2. The van der Waals surface area contributed by atoms with Crippen molar-refractivity contribution >= 4 is 40.1 Å². The number of amides is 2. The molecule has 192 valence electrons. The van der Waals surface area contributed by atoms with E-state index in [0.29, 0.717) is 16.4 Å². The van der Waals surface area contributed by atoms with Gasteiger partial charge in [0.2, 0.25) is 11.8 Å². The first-order valence-corrected chi connectivity index (χ1v) is 12.0. The lowest BCUT2D eigenvalue weighted by Gasteiger charge is -2.28. The number of anilines is 1. The molecule has 4 rings (SSSR count). The van der Waals surface area contributed by atoms with Crippen molar-refractivity contribution in [2.24, 2.45) is 10.7 Å². The molecule has 0 saturated heterocycles. The van der Waals surface area contributed by atoms with Crippen molar-refractivity contribution in [2.45, 2.75) is 39.0 Å². The molecule has 1 aromatic carbocycles. The van der Waals surface area contributed by atoms with E-state index in [9.17, 15) is 19.1 Å². The second kappa shape index (κ2) is 10.4. The maximum atomic E-state index is 14.7. The molecule has 3 aromatic rings. The molecule has 1 aliphatic heterocycles. The number of aliphatic hydroxyl groups is 1. The van der Waals surface area contributed by atoms with Gasteiger partial charge in [-0.3, -0.25) is 14.6 Å². The van der Waals surface area contributed by atoms with Crippen LogP contribution in [0.3, 0.4) is 0 Å². The molecule has 1 atom stereocenters. The van der Waals surface area contributed by atoms with E-state index in [4.69, 9.17) is 10.5 Å². The van der Waals surface area contributed by atoms with Gasteiger partial charge in [-0.2, -0.15) is 0 Å². The molecule has 0 fully saturated rings. The van der Waals surface area contributed by atoms with E-state index in [-0.39, 0.29) is 29.5 Å². The summed E-state index contributed by atoms with van der Waals surface area (Å²) >= 11 is 1.30. The molecular weight excluding hydrogens is 499 g/mol. The highest BCUT2D eigenvalue weighted by atomic mass is 32.1. The number of allylic oxidation sites excluding steroid dienone is 1. The summed E-state index contributed by atoms with van der Waals surface area (Å²) in [6, 6.07) is 7.01. The average molecular weight is 525 g/mol. The summed E-state index contributed by atoms with van der Waals surface area (Å²) in [7, 11) is 0. The zero-order valence-electron chi connectivity index (χ0n) is 20.3. The third-order valence-corrected chi connectivity index (χ3v) is 6.24. The molecule has 10 nitrogen and oxygen atoms in total. The molecule has 0 radical (unpaired) electrons. The number of nitrogens with zero attached hydrogens (tertiary/aromatic N) is 3. The molecule has 37 heavy (non-hydrogen) atoms. The lowest BCUT2D eigenvalue weighted by Crippen LogP contribution is -2.44. The fraction of sp³-hybridized carbons (Fsp3) is 0.240. The van der Waals surface area contributed by atoms with Crippen molar-refractivity contribution in [1.82, 2.24) is 15.3 Å². The Morgan fingerprint density at radius 3 is 2.76 bits per heavy atom. The van der Waals surface area contributed by atoms with Gasteiger partial charge in [-0.15, -0.1) is 11.3 Å². The number of benzene rings is 1. The van der Waals surface area contributed by atoms with Gasteiger partial charge in [0.15, 0.2) is 16.7 Å². The van der Waals surface area contributed by atoms with Crippen molar-refractivity contribution < 1.29 is 23.8 Å². The normalized spacial score (nSPS) is 15.1. The summed E-state index contributed by atoms with van der Waals surface area (Å²) in [5, 5.41) is 16.3. The summed E-state index contributed by atoms with van der Waals surface area (Å²) in [6.07, 6.45) is 4.19. The molecule has 2 aromatic heterocycles. The maximum Gasteiger partial charge on any atom is 0.254 e. The van der Waals surface area contributed by atoms with Crippen LogP contribution in [0.1, 0.15) is 40.3 Å². The summed E-state index contributed by atoms with van der Waals surface area (Å²) in [6.45, 7) is 5.20. The molecule has 5 N–H and O–H groups in total. The fourth-order valence-corrected chi connectivity index (χ4v) is 4.34. The van der Waals surface area contributed by atoms with Gasteiger partial charge in [-0.05, 0) is 50.6 Å². The van der Waals surface area contributed by atoms with E-state index in [1.165, 1.54) is 47.9 Å². The Balaban J connectivity index is 1.40. The smallest absolute Gasteiger partial charge is 0.254 e. The zero-order chi connectivity index (χ0) is 26.7. The van der Waals surface area contributed by atoms with E-state index < -0.39 is 23.5 Å². The number of rotatable bonds is 8. The van der Waals surface area contributed by atoms with Crippen LogP contribution >= 0.6 is 11.3 Å². The lowest BCUT2D eigenvalue weighted by atomic mass is 10.0. The minimum atomic E-state index is -1.02. The quantitative estimate of drug-likeness (QED) is 0.353. The van der Waals surface area contributed by atoms with Gasteiger partial charge in [-0.1, -0.05) is 6.07 Å². The first kappa shape index (κ1) is 25.9. The SMILES string of the molecule is Cc1sc(NC(=O)Cc2ccc(Oc3ncccc3C(N)=O)c(F)c2)nc1C1=CNC(C(C)(C)O)N=C1. The topological polar surface area (TPSA) is 152 Å². The van der Waals surface area contributed by atoms with Gasteiger partial charge in [0, 0.05) is 29.1 Å². The maximum absolute atomic E-state index is 14.7. The Labute approximate surface area is 216 Å². The van der Waals surface area contributed by atoms with Gasteiger partial charge in [0.25, 0.3) is 5.91 Å². The van der Waals surface area contributed by atoms with Crippen LogP contribution in [-0.4, -0.2) is 44.9 Å². The van der Waals surface area contributed by atoms with E-state index in [1.807, 2.05) is 6.92 Å². The Bertz CT molecular complexity index is 1410. The van der Waals surface area contributed by atoms with Gasteiger partial charge in [0.05, 0.1) is 17.7 Å². The Hall–Kier alpha value is -4.16. The van der Waals surface area contributed by atoms with Crippen LogP contribution in [0.15, 0.2) is 47.7 Å². The molecule has 0 aliphatic carbocycles. The van der Waals surface area contributed by atoms with E-state index in [2.05, 4.69) is 25.6 Å². The minimum absolute atomic E-state index is 0.0200. The number of aliphatic imine (C=N–C) groups is 1. The predicted molar refractivity (Wildman–Crippen MR) is 138 cm³/mol.